The molecule has 0 aromatic heterocycles. The largest absolute Gasteiger partial charge is 0.490 e. The Balaban J connectivity index is 2.35. The Bertz CT molecular complexity index is 713. The van der Waals surface area contributed by atoms with Gasteiger partial charge in [-0.05, 0) is 43.0 Å². The molecule has 108 valence electrons. The van der Waals surface area contributed by atoms with Gasteiger partial charge in [-0.1, -0.05) is 18.2 Å². The first-order valence-corrected chi connectivity index (χ1v) is 8.99. The number of hydrogen-bond donors (Lipinski definition) is 1. The molecular weight excluding hydrogens is 305 g/mol. The fourth-order valence-electron chi connectivity index (χ4n) is 1.72. The minimum absolute atomic E-state index is 0.338. The lowest BCUT2D eigenvalue weighted by molar-refractivity contribution is 0.327. The van der Waals surface area contributed by atoms with Crippen molar-refractivity contribution in [3.05, 3.63) is 54.1 Å². The minimum atomic E-state index is -3.17. The van der Waals surface area contributed by atoms with Crippen LogP contribution in [0.15, 0.2) is 48.5 Å². The summed E-state index contributed by atoms with van der Waals surface area (Å²) in [5, 5.41) is 9.48. The lowest BCUT2D eigenvalue weighted by Gasteiger charge is -2.19. The Labute approximate surface area is 128 Å². The molecule has 0 amide bonds. The molecule has 0 spiro atoms. The Hall–Kier alpha value is -1.86. The maximum atomic E-state index is 10.4. The number of ether oxygens (including phenoxy) is 1. The van der Waals surface area contributed by atoms with Crippen molar-refractivity contribution >= 4 is 23.6 Å². The second-order valence-corrected chi connectivity index (χ2v) is 7.38. The third kappa shape index (κ3) is 3.83. The standard InChI is InChI=1S/C15H14NO3PS/c1-2-18-15-10-12(11-16)8-9-14(15)19-20(17,21)13-6-4-3-5-7-13/h3-10H,2H2,1H3,(H,17,21). The van der Waals surface area contributed by atoms with E-state index in [1.54, 1.807) is 42.5 Å². The van der Waals surface area contributed by atoms with E-state index >= 15 is 0 Å². The van der Waals surface area contributed by atoms with Gasteiger partial charge >= 0.3 is 0 Å². The van der Waals surface area contributed by atoms with Gasteiger partial charge in [0, 0.05) is 11.4 Å². The molecule has 0 aliphatic rings. The van der Waals surface area contributed by atoms with Gasteiger partial charge in [0.15, 0.2) is 11.5 Å². The fourth-order valence-corrected chi connectivity index (χ4v) is 3.40. The fraction of sp³-hybridized carbons (Fsp3) is 0.133. The molecule has 0 fully saturated rings. The molecule has 0 radical (unpaired) electrons. The van der Waals surface area contributed by atoms with Gasteiger partial charge in [-0.3, -0.25) is 0 Å². The smallest absolute Gasteiger partial charge is 0.266 e. The Morgan fingerprint density at radius 3 is 2.52 bits per heavy atom. The Kier molecular flexibility index (Phi) is 4.98. The van der Waals surface area contributed by atoms with Crippen LogP contribution in [-0.4, -0.2) is 11.5 Å². The van der Waals surface area contributed by atoms with E-state index in [4.69, 9.17) is 26.3 Å². The molecule has 2 rings (SSSR count). The van der Waals surface area contributed by atoms with Crippen molar-refractivity contribution in [1.82, 2.24) is 0 Å². The number of nitrogens with zero attached hydrogens (tertiary/aromatic N) is 1. The van der Waals surface area contributed by atoms with Crippen LogP contribution in [0.2, 0.25) is 0 Å². The van der Waals surface area contributed by atoms with Gasteiger partial charge in [0.1, 0.15) is 0 Å². The average Bonchev–Trinajstić information content (AvgIpc) is 2.50. The van der Waals surface area contributed by atoms with Gasteiger partial charge in [-0.15, -0.1) is 0 Å². The molecule has 1 atom stereocenters. The van der Waals surface area contributed by atoms with E-state index in [1.807, 2.05) is 19.1 Å². The quantitative estimate of drug-likeness (QED) is 0.859. The van der Waals surface area contributed by atoms with Crippen molar-refractivity contribution < 1.29 is 14.2 Å². The number of nitriles is 1. The first-order chi connectivity index (χ1) is 10.1. The predicted molar refractivity (Wildman–Crippen MR) is 85.5 cm³/mol. The van der Waals surface area contributed by atoms with Gasteiger partial charge < -0.3 is 14.2 Å². The van der Waals surface area contributed by atoms with E-state index in [0.717, 1.165) is 0 Å². The lowest BCUT2D eigenvalue weighted by Crippen LogP contribution is -2.09. The summed E-state index contributed by atoms with van der Waals surface area (Å²) in [6.07, 6.45) is 0. The highest BCUT2D eigenvalue weighted by Gasteiger charge is 2.20. The van der Waals surface area contributed by atoms with E-state index in [9.17, 15) is 4.89 Å². The summed E-state index contributed by atoms with van der Waals surface area (Å²) in [4.78, 5) is 10.4. The Morgan fingerprint density at radius 2 is 1.90 bits per heavy atom. The second-order valence-electron chi connectivity index (χ2n) is 4.15. The highest BCUT2D eigenvalue weighted by Crippen LogP contribution is 2.45. The molecule has 4 nitrogen and oxygen atoms in total. The van der Waals surface area contributed by atoms with Crippen LogP contribution in [0.1, 0.15) is 12.5 Å². The highest BCUT2D eigenvalue weighted by molar-refractivity contribution is 8.13. The monoisotopic (exact) mass is 319 g/mol. The molecule has 0 saturated carbocycles. The molecule has 0 saturated heterocycles. The van der Waals surface area contributed by atoms with Crippen LogP contribution >= 0.6 is 6.49 Å². The van der Waals surface area contributed by atoms with Crippen molar-refractivity contribution in [3.63, 3.8) is 0 Å². The Morgan fingerprint density at radius 1 is 1.19 bits per heavy atom. The summed E-state index contributed by atoms with van der Waals surface area (Å²) >= 11 is 5.22. The molecule has 2 aromatic rings. The van der Waals surface area contributed by atoms with Crippen LogP contribution < -0.4 is 14.6 Å². The van der Waals surface area contributed by atoms with Crippen molar-refractivity contribution in [1.29, 1.82) is 5.26 Å². The third-order valence-electron chi connectivity index (χ3n) is 2.68. The summed E-state index contributed by atoms with van der Waals surface area (Å²) in [5.41, 5.74) is 0.455. The lowest BCUT2D eigenvalue weighted by atomic mass is 10.2. The summed E-state index contributed by atoms with van der Waals surface area (Å²) in [7, 11) is 0. The zero-order valence-electron chi connectivity index (χ0n) is 11.4. The first kappa shape index (κ1) is 15.5. The summed E-state index contributed by atoms with van der Waals surface area (Å²) < 4.78 is 11.1. The normalized spacial score (nSPS) is 13.0. The van der Waals surface area contributed by atoms with Gasteiger partial charge in [0.05, 0.1) is 18.2 Å². The topological polar surface area (TPSA) is 62.5 Å². The highest BCUT2D eigenvalue weighted by atomic mass is 32.5. The summed E-state index contributed by atoms with van der Waals surface area (Å²) in [6.45, 7) is -0.921. The zero-order chi connectivity index (χ0) is 15.3. The van der Waals surface area contributed by atoms with Crippen molar-refractivity contribution in [2.75, 3.05) is 6.61 Å². The molecule has 2 aromatic carbocycles. The van der Waals surface area contributed by atoms with E-state index in [2.05, 4.69) is 0 Å². The van der Waals surface area contributed by atoms with Crippen molar-refractivity contribution in [2.45, 2.75) is 6.92 Å². The van der Waals surface area contributed by atoms with Gasteiger partial charge in [0.2, 0.25) is 0 Å². The second kappa shape index (κ2) is 6.73. The molecule has 0 aliphatic heterocycles. The van der Waals surface area contributed by atoms with E-state index in [-0.39, 0.29) is 0 Å². The van der Waals surface area contributed by atoms with E-state index < -0.39 is 6.49 Å². The van der Waals surface area contributed by atoms with Gasteiger partial charge in [-0.25, -0.2) is 0 Å². The van der Waals surface area contributed by atoms with Gasteiger partial charge in [0.25, 0.3) is 6.49 Å². The SMILES string of the molecule is CCOc1cc(C#N)ccc1OP(O)(=S)c1ccccc1. The van der Waals surface area contributed by atoms with E-state index in [0.29, 0.717) is 29.0 Å². The average molecular weight is 319 g/mol. The van der Waals surface area contributed by atoms with Crippen LogP contribution in [0, 0.1) is 11.3 Å². The molecule has 0 heterocycles. The van der Waals surface area contributed by atoms with Gasteiger partial charge in [-0.2, -0.15) is 5.26 Å². The minimum Gasteiger partial charge on any atom is -0.490 e. The van der Waals surface area contributed by atoms with Crippen LogP contribution in [0.4, 0.5) is 0 Å². The summed E-state index contributed by atoms with van der Waals surface area (Å²) in [6, 6.07) is 15.7. The van der Waals surface area contributed by atoms with Crippen LogP contribution in [0.5, 0.6) is 11.5 Å². The number of benzene rings is 2. The molecule has 0 aliphatic carbocycles. The summed E-state index contributed by atoms with van der Waals surface area (Å²) in [5.74, 6) is 0.737. The van der Waals surface area contributed by atoms with Crippen molar-refractivity contribution in [3.8, 4) is 17.6 Å². The zero-order valence-corrected chi connectivity index (χ0v) is 13.1. The first-order valence-electron chi connectivity index (χ1n) is 6.32. The molecule has 1 N–H and O–H groups in total. The van der Waals surface area contributed by atoms with Crippen LogP contribution in [0.25, 0.3) is 0 Å². The molecule has 21 heavy (non-hydrogen) atoms. The van der Waals surface area contributed by atoms with Crippen LogP contribution in [-0.2, 0) is 11.8 Å². The van der Waals surface area contributed by atoms with Crippen molar-refractivity contribution in [2.24, 2.45) is 0 Å². The molecule has 0 bridgehead atoms. The maximum Gasteiger partial charge on any atom is 0.266 e. The number of hydrogen-bond acceptors (Lipinski definition) is 4. The molecular formula is C15H14NO3PS. The maximum absolute atomic E-state index is 10.4. The molecule has 6 heteroatoms. The third-order valence-corrected chi connectivity index (χ3v) is 4.93. The van der Waals surface area contributed by atoms with Crippen LogP contribution in [0.3, 0.4) is 0 Å². The molecule has 1 unspecified atom stereocenters. The van der Waals surface area contributed by atoms with E-state index in [1.165, 1.54) is 0 Å². The predicted octanol–water partition coefficient (Wildman–Crippen LogP) is 2.96. The number of rotatable bonds is 5.